The van der Waals surface area contributed by atoms with Crippen LogP contribution in [-0.4, -0.2) is 9.97 Å². The number of pyridine rings is 1. The Morgan fingerprint density at radius 3 is 2.45 bits per heavy atom. The molecule has 0 atom stereocenters. The predicted octanol–water partition coefficient (Wildman–Crippen LogP) is 5.55. The van der Waals surface area contributed by atoms with Crippen molar-refractivity contribution in [2.24, 2.45) is 0 Å². The standard InChI is InChI=1S/C17H18Cl2N2S/c1-4-14-17(19)15(5-6-20-14)21-16(22)9-13-10(2)7-12(18)8-11(13)3/h5-8H,4,9H2,1-3H3,(H,20,21,22). The Morgan fingerprint density at radius 1 is 1.23 bits per heavy atom. The highest BCUT2D eigenvalue weighted by Gasteiger charge is 2.11. The van der Waals surface area contributed by atoms with Gasteiger partial charge in [0.25, 0.3) is 0 Å². The molecule has 1 N–H and O–H groups in total. The average molecular weight is 353 g/mol. The molecule has 5 heteroatoms. The summed E-state index contributed by atoms with van der Waals surface area (Å²) in [4.78, 5) is 4.98. The monoisotopic (exact) mass is 352 g/mol. The van der Waals surface area contributed by atoms with Crippen LogP contribution >= 0.6 is 35.4 Å². The molecule has 0 saturated carbocycles. The van der Waals surface area contributed by atoms with Crippen LogP contribution in [0.5, 0.6) is 0 Å². The van der Waals surface area contributed by atoms with Gasteiger partial charge in [0, 0.05) is 17.6 Å². The van der Waals surface area contributed by atoms with Crippen molar-refractivity contribution in [3.8, 4) is 0 Å². The van der Waals surface area contributed by atoms with Crippen LogP contribution < -0.4 is 5.32 Å². The maximum atomic E-state index is 6.34. The highest BCUT2D eigenvalue weighted by atomic mass is 35.5. The van der Waals surface area contributed by atoms with Gasteiger partial charge in [-0.05, 0) is 55.2 Å². The largest absolute Gasteiger partial charge is 0.348 e. The second-order valence-corrected chi connectivity index (χ2v) is 6.52. The fraction of sp³-hybridized carbons (Fsp3) is 0.294. The number of thiocarbonyl (C=S) groups is 1. The van der Waals surface area contributed by atoms with E-state index >= 15 is 0 Å². The van der Waals surface area contributed by atoms with Gasteiger partial charge in [-0.25, -0.2) is 0 Å². The molecule has 2 rings (SSSR count). The number of hydrogen-bond acceptors (Lipinski definition) is 2. The van der Waals surface area contributed by atoms with Gasteiger partial charge in [-0.1, -0.05) is 42.3 Å². The van der Waals surface area contributed by atoms with Crippen molar-refractivity contribution < 1.29 is 0 Å². The summed E-state index contributed by atoms with van der Waals surface area (Å²) in [6, 6.07) is 5.76. The molecule has 0 bridgehead atoms. The molecule has 2 aromatic rings. The van der Waals surface area contributed by atoms with E-state index in [1.807, 2.05) is 39.0 Å². The molecule has 0 unspecified atom stereocenters. The predicted molar refractivity (Wildman–Crippen MR) is 99.5 cm³/mol. The molecule has 1 aromatic carbocycles. The van der Waals surface area contributed by atoms with Crippen LogP contribution in [-0.2, 0) is 12.8 Å². The third-order valence-electron chi connectivity index (χ3n) is 3.57. The van der Waals surface area contributed by atoms with Crippen molar-refractivity contribution in [1.82, 2.24) is 4.98 Å². The number of aromatic nitrogens is 1. The van der Waals surface area contributed by atoms with E-state index < -0.39 is 0 Å². The van der Waals surface area contributed by atoms with Gasteiger partial charge in [-0.3, -0.25) is 4.98 Å². The highest BCUT2D eigenvalue weighted by molar-refractivity contribution is 7.80. The van der Waals surface area contributed by atoms with Crippen molar-refractivity contribution in [2.45, 2.75) is 33.6 Å². The first-order chi connectivity index (χ1) is 10.4. The number of nitrogens with one attached hydrogen (secondary N) is 1. The van der Waals surface area contributed by atoms with Crippen molar-refractivity contribution in [1.29, 1.82) is 0 Å². The summed E-state index contributed by atoms with van der Waals surface area (Å²) < 4.78 is 0. The SMILES string of the molecule is CCc1nccc(NC(=S)Cc2c(C)cc(Cl)cc2C)c1Cl. The minimum atomic E-state index is 0.636. The fourth-order valence-corrected chi connectivity index (χ4v) is 3.28. The second kappa shape index (κ2) is 7.40. The first-order valence-corrected chi connectivity index (χ1v) is 8.27. The Hall–Kier alpha value is -1.16. The summed E-state index contributed by atoms with van der Waals surface area (Å²) in [5.41, 5.74) is 5.16. The Morgan fingerprint density at radius 2 is 1.86 bits per heavy atom. The number of rotatable bonds is 4. The molecule has 0 fully saturated rings. The summed E-state index contributed by atoms with van der Waals surface area (Å²) in [5.74, 6) is 0. The third-order valence-corrected chi connectivity index (χ3v) is 4.45. The number of halogens is 2. The van der Waals surface area contributed by atoms with Crippen LogP contribution in [0.15, 0.2) is 24.4 Å². The zero-order chi connectivity index (χ0) is 16.3. The Balaban J connectivity index is 2.18. The zero-order valence-corrected chi connectivity index (χ0v) is 15.2. The summed E-state index contributed by atoms with van der Waals surface area (Å²) in [6.45, 7) is 6.12. The molecule has 0 aliphatic heterocycles. The zero-order valence-electron chi connectivity index (χ0n) is 12.8. The molecular weight excluding hydrogens is 335 g/mol. The lowest BCUT2D eigenvalue weighted by Crippen LogP contribution is -2.14. The molecule has 2 nitrogen and oxygen atoms in total. The number of anilines is 1. The van der Waals surface area contributed by atoms with E-state index in [0.717, 1.165) is 38.9 Å². The number of aryl methyl sites for hydroxylation is 3. The molecule has 0 aliphatic rings. The van der Waals surface area contributed by atoms with E-state index in [2.05, 4.69) is 10.3 Å². The Bertz CT molecular complexity index is 691. The maximum Gasteiger partial charge on any atom is 0.0856 e. The maximum absolute atomic E-state index is 6.34. The molecule has 0 radical (unpaired) electrons. The van der Waals surface area contributed by atoms with Crippen LogP contribution in [0.25, 0.3) is 0 Å². The number of hydrogen-bond donors (Lipinski definition) is 1. The van der Waals surface area contributed by atoms with Gasteiger partial charge in [0.1, 0.15) is 0 Å². The van der Waals surface area contributed by atoms with Crippen LogP contribution in [0, 0.1) is 13.8 Å². The van der Waals surface area contributed by atoms with E-state index in [4.69, 9.17) is 35.4 Å². The second-order valence-electron chi connectivity index (χ2n) is 5.22. The van der Waals surface area contributed by atoms with Crippen molar-refractivity contribution >= 4 is 46.1 Å². The van der Waals surface area contributed by atoms with Crippen LogP contribution in [0.1, 0.15) is 29.3 Å². The highest BCUT2D eigenvalue weighted by Crippen LogP contribution is 2.26. The van der Waals surface area contributed by atoms with E-state index in [-0.39, 0.29) is 0 Å². The van der Waals surface area contributed by atoms with Gasteiger partial charge in [0.15, 0.2) is 0 Å². The first kappa shape index (κ1) is 17.2. The lowest BCUT2D eigenvalue weighted by molar-refractivity contribution is 1.04. The van der Waals surface area contributed by atoms with Crippen LogP contribution in [0.2, 0.25) is 10.0 Å². The van der Waals surface area contributed by atoms with Crippen molar-refractivity contribution in [2.75, 3.05) is 5.32 Å². The third kappa shape index (κ3) is 3.97. The van der Waals surface area contributed by atoms with E-state index in [1.165, 1.54) is 5.56 Å². The molecule has 1 aromatic heterocycles. The lowest BCUT2D eigenvalue weighted by Gasteiger charge is -2.14. The molecule has 0 aliphatic carbocycles. The summed E-state index contributed by atoms with van der Waals surface area (Å²) in [5, 5.41) is 4.62. The minimum absolute atomic E-state index is 0.636. The molecule has 116 valence electrons. The smallest absolute Gasteiger partial charge is 0.0856 e. The van der Waals surface area contributed by atoms with Gasteiger partial charge in [-0.2, -0.15) is 0 Å². The molecule has 0 spiro atoms. The van der Waals surface area contributed by atoms with Crippen LogP contribution in [0.4, 0.5) is 5.69 Å². The van der Waals surface area contributed by atoms with E-state index in [1.54, 1.807) is 6.20 Å². The number of benzene rings is 1. The average Bonchev–Trinajstić information content (AvgIpc) is 2.45. The van der Waals surface area contributed by atoms with E-state index in [9.17, 15) is 0 Å². The Kier molecular flexibility index (Phi) is 5.79. The molecule has 0 amide bonds. The van der Waals surface area contributed by atoms with Gasteiger partial charge >= 0.3 is 0 Å². The molecular formula is C17H18Cl2N2S. The quantitative estimate of drug-likeness (QED) is 0.730. The van der Waals surface area contributed by atoms with Crippen molar-refractivity contribution in [3.05, 3.63) is 56.8 Å². The minimum Gasteiger partial charge on any atom is -0.348 e. The fourth-order valence-electron chi connectivity index (χ4n) is 2.40. The topological polar surface area (TPSA) is 24.9 Å². The molecule has 1 heterocycles. The van der Waals surface area contributed by atoms with E-state index in [0.29, 0.717) is 11.4 Å². The van der Waals surface area contributed by atoms with Crippen molar-refractivity contribution in [3.63, 3.8) is 0 Å². The summed E-state index contributed by atoms with van der Waals surface area (Å²) in [6.07, 6.45) is 3.19. The summed E-state index contributed by atoms with van der Waals surface area (Å²) in [7, 11) is 0. The van der Waals surface area contributed by atoms with Gasteiger partial charge < -0.3 is 5.32 Å². The molecule has 22 heavy (non-hydrogen) atoms. The lowest BCUT2D eigenvalue weighted by atomic mass is 10.00. The molecule has 0 saturated heterocycles. The Labute approximate surface area is 146 Å². The number of nitrogens with zero attached hydrogens (tertiary/aromatic N) is 1. The van der Waals surface area contributed by atoms with Crippen LogP contribution in [0.3, 0.4) is 0 Å². The normalized spacial score (nSPS) is 10.6. The van der Waals surface area contributed by atoms with Gasteiger partial charge in [0.2, 0.25) is 0 Å². The first-order valence-electron chi connectivity index (χ1n) is 7.11. The summed E-state index contributed by atoms with van der Waals surface area (Å²) >= 11 is 17.9. The van der Waals surface area contributed by atoms with Gasteiger partial charge in [-0.15, -0.1) is 0 Å². The van der Waals surface area contributed by atoms with Gasteiger partial charge in [0.05, 0.1) is 21.4 Å².